The highest BCUT2D eigenvalue weighted by Gasteiger charge is 2.60. The van der Waals surface area contributed by atoms with Crippen LogP contribution in [0.2, 0.25) is 0 Å². The molecule has 0 amide bonds. The maximum absolute atomic E-state index is 11.7. The van der Waals surface area contributed by atoms with Crippen LogP contribution in [0.25, 0.3) is 0 Å². The van der Waals surface area contributed by atoms with E-state index >= 15 is 0 Å². The summed E-state index contributed by atoms with van der Waals surface area (Å²) < 4.78 is 4.89. The normalized spacial score (nSPS) is 47.6. The monoisotopic (exact) mass is 404 g/mol. The fourth-order valence-electron chi connectivity index (χ4n) is 9.14. The maximum Gasteiger partial charge on any atom is 0.305 e. The quantitative estimate of drug-likeness (QED) is 0.585. The van der Waals surface area contributed by atoms with Gasteiger partial charge in [-0.2, -0.15) is 0 Å². The first-order chi connectivity index (χ1) is 13.8. The van der Waals surface area contributed by atoms with Crippen molar-refractivity contribution >= 4 is 5.97 Å². The molecule has 4 rings (SSSR count). The lowest BCUT2D eigenvalue weighted by molar-refractivity contribution is -0.141. The van der Waals surface area contributed by atoms with Crippen LogP contribution < -0.4 is 0 Å². The number of rotatable bonds is 5. The van der Waals surface area contributed by atoms with Crippen molar-refractivity contribution in [3.05, 3.63) is 0 Å². The average Bonchev–Trinajstić information content (AvgIpc) is 3.08. The molecule has 0 heterocycles. The lowest BCUT2D eigenvalue weighted by Gasteiger charge is -2.61. The zero-order chi connectivity index (χ0) is 20.8. The van der Waals surface area contributed by atoms with E-state index in [9.17, 15) is 9.90 Å². The van der Waals surface area contributed by atoms with E-state index in [-0.39, 0.29) is 5.97 Å². The summed E-state index contributed by atoms with van der Waals surface area (Å²) in [7, 11) is 1.51. The second-order valence-electron chi connectivity index (χ2n) is 11.8. The Bertz CT molecular complexity index is 603. The van der Waals surface area contributed by atoms with Gasteiger partial charge in [-0.15, -0.1) is 0 Å². The van der Waals surface area contributed by atoms with Crippen LogP contribution in [0.1, 0.15) is 91.4 Å². The van der Waals surface area contributed by atoms with Gasteiger partial charge in [-0.05, 0) is 116 Å². The minimum absolute atomic E-state index is 0.0509. The number of ether oxygens (including phenoxy) is 1. The Balaban J connectivity index is 1.47. The molecule has 3 heteroatoms. The fraction of sp³-hybridized carbons (Fsp3) is 0.962. The lowest BCUT2D eigenvalue weighted by Crippen LogP contribution is -2.53. The number of hydrogen-bond donors (Lipinski definition) is 1. The molecule has 2 unspecified atom stereocenters. The molecule has 0 aliphatic heterocycles. The molecule has 3 nitrogen and oxygen atoms in total. The molecule has 4 saturated carbocycles. The lowest BCUT2D eigenvalue weighted by atomic mass is 9.44. The highest BCUT2D eigenvalue weighted by atomic mass is 16.5. The van der Waals surface area contributed by atoms with E-state index in [0.29, 0.717) is 35.7 Å². The van der Waals surface area contributed by atoms with Crippen molar-refractivity contribution in [3.63, 3.8) is 0 Å². The average molecular weight is 405 g/mol. The van der Waals surface area contributed by atoms with E-state index in [2.05, 4.69) is 20.8 Å². The molecule has 4 aliphatic carbocycles. The number of esters is 1. The summed E-state index contributed by atoms with van der Waals surface area (Å²) in [4.78, 5) is 11.7. The van der Waals surface area contributed by atoms with Gasteiger partial charge in [0.1, 0.15) is 0 Å². The van der Waals surface area contributed by atoms with Crippen molar-refractivity contribution in [1.29, 1.82) is 0 Å². The van der Waals surface area contributed by atoms with E-state index in [1.54, 1.807) is 0 Å². The summed E-state index contributed by atoms with van der Waals surface area (Å²) in [5, 5.41) is 9.70. The minimum atomic E-state index is -0.0509. The third-order valence-corrected chi connectivity index (χ3v) is 10.8. The first-order valence-electron chi connectivity index (χ1n) is 12.5. The molecule has 4 aliphatic rings. The molecule has 0 spiro atoms. The molecule has 0 aromatic heterocycles. The van der Waals surface area contributed by atoms with Gasteiger partial charge in [-0.25, -0.2) is 0 Å². The van der Waals surface area contributed by atoms with Crippen molar-refractivity contribution < 1.29 is 14.6 Å². The Kier molecular flexibility index (Phi) is 6.10. The Labute approximate surface area is 178 Å². The third kappa shape index (κ3) is 3.58. The smallest absolute Gasteiger partial charge is 0.305 e. The highest BCUT2D eigenvalue weighted by molar-refractivity contribution is 5.69. The van der Waals surface area contributed by atoms with Crippen LogP contribution in [0.5, 0.6) is 0 Å². The van der Waals surface area contributed by atoms with Gasteiger partial charge in [-0.1, -0.05) is 20.8 Å². The molecule has 166 valence electrons. The van der Waals surface area contributed by atoms with Crippen molar-refractivity contribution in [1.82, 2.24) is 0 Å². The zero-order valence-corrected chi connectivity index (χ0v) is 19.3. The van der Waals surface area contributed by atoms with Gasteiger partial charge in [0.2, 0.25) is 0 Å². The van der Waals surface area contributed by atoms with E-state index < -0.39 is 0 Å². The summed E-state index contributed by atoms with van der Waals surface area (Å²) in [6, 6.07) is 0. The fourth-order valence-corrected chi connectivity index (χ4v) is 9.14. The van der Waals surface area contributed by atoms with E-state index in [1.807, 2.05) is 0 Å². The predicted molar refractivity (Wildman–Crippen MR) is 116 cm³/mol. The summed E-state index contributed by atoms with van der Waals surface area (Å²) in [6.07, 6.45) is 13.8. The predicted octanol–water partition coefficient (Wildman–Crippen LogP) is 5.84. The second-order valence-corrected chi connectivity index (χ2v) is 11.8. The van der Waals surface area contributed by atoms with Crippen LogP contribution in [-0.4, -0.2) is 24.8 Å². The van der Waals surface area contributed by atoms with E-state index in [0.717, 1.165) is 36.0 Å². The van der Waals surface area contributed by atoms with Gasteiger partial charge < -0.3 is 9.84 Å². The van der Waals surface area contributed by atoms with Crippen molar-refractivity contribution in [2.24, 2.45) is 52.3 Å². The Hall–Kier alpha value is -0.570. The number of fused-ring (bicyclic) bond motifs is 5. The van der Waals surface area contributed by atoms with Gasteiger partial charge in [0, 0.05) is 13.0 Å². The molecule has 9 atom stereocenters. The van der Waals surface area contributed by atoms with Crippen LogP contribution in [0.4, 0.5) is 0 Å². The molecule has 0 bridgehead atoms. The molecule has 4 fully saturated rings. The topological polar surface area (TPSA) is 46.5 Å². The van der Waals surface area contributed by atoms with Gasteiger partial charge >= 0.3 is 5.97 Å². The molecule has 0 aromatic rings. The molecule has 29 heavy (non-hydrogen) atoms. The van der Waals surface area contributed by atoms with Gasteiger partial charge in [-0.3, -0.25) is 4.79 Å². The molecule has 0 saturated heterocycles. The number of carbonyl (C=O) groups excluding carboxylic acids is 1. The molecule has 0 radical (unpaired) electrons. The first kappa shape index (κ1) is 21.7. The van der Waals surface area contributed by atoms with Crippen LogP contribution in [-0.2, 0) is 9.53 Å². The molecule has 1 N–H and O–H groups in total. The largest absolute Gasteiger partial charge is 0.469 e. The Morgan fingerprint density at radius 3 is 2.48 bits per heavy atom. The first-order valence-corrected chi connectivity index (χ1v) is 12.5. The number of aliphatic hydroxyl groups excluding tert-OH is 1. The van der Waals surface area contributed by atoms with Crippen molar-refractivity contribution in [3.8, 4) is 0 Å². The van der Waals surface area contributed by atoms with Crippen molar-refractivity contribution in [2.75, 3.05) is 13.7 Å². The van der Waals surface area contributed by atoms with Gasteiger partial charge in [0.15, 0.2) is 0 Å². The number of carbonyl (C=O) groups is 1. The van der Waals surface area contributed by atoms with E-state index in [1.165, 1.54) is 64.9 Å². The summed E-state index contributed by atoms with van der Waals surface area (Å²) in [5.41, 5.74) is 0.993. The third-order valence-electron chi connectivity index (χ3n) is 10.8. The molecular weight excluding hydrogens is 360 g/mol. The Morgan fingerprint density at radius 2 is 1.76 bits per heavy atom. The number of aliphatic hydroxyl groups is 1. The standard InChI is InChI=1S/C26H44O3/c1-17(5-10-24(28)29-4)21-8-9-22-20-7-6-19-15-18(16-27)11-13-25(19,2)23(20)12-14-26(21,22)3/h17-23,27H,5-16H2,1-4H3/t17-,18?,19?,20+,21-,22+,23+,25+,26-/m1/s1. The summed E-state index contributed by atoms with van der Waals surface area (Å²) >= 11 is 0. The minimum Gasteiger partial charge on any atom is -0.469 e. The van der Waals surface area contributed by atoms with E-state index in [4.69, 9.17) is 4.74 Å². The second kappa shape index (κ2) is 8.17. The maximum atomic E-state index is 11.7. The zero-order valence-electron chi connectivity index (χ0n) is 19.3. The molecular formula is C26H44O3. The van der Waals surface area contributed by atoms with Crippen LogP contribution >= 0.6 is 0 Å². The van der Waals surface area contributed by atoms with Crippen LogP contribution in [0.3, 0.4) is 0 Å². The number of methoxy groups -OCH3 is 1. The SMILES string of the molecule is COC(=O)CC[C@@H](C)[C@H]1CC[C@H]2[C@@H]3CCC4CC(CO)CC[C@]4(C)[C@H]3CC[C@]12C. The molecule has 0 aromatic carbocycles. The highest BCUT2D eigenvalue weighted by Crippen LogP contribution is 2.68. The summed E-state index contributed by atoms with van der Waals surface area (Å²) in [5.74, 6) is 5.45. The summed E-state index contributed by atoms with van der Waals surface area (Å²) in [6.45, 7) is 8.02. The van der Waals surface area contributed by atoms with Gasteiger partial charge in [0.25, 0.3) is 0 Å². The van der Waals surface area contributed by atoms with Gasteiger partial charge in [0.05, 0.1) is 7.11 Å². The van der Waals surface area contributed by atoms with Crippen LogP contribution in [0.15, 0.2) is 0 Å². The van der Waals surface area contributed by atoms with Crippen molar-refractivity contribution in [2.45, 2.75) is 91.4 Å². The Morgan fingerprint density at radius 1 is 1.03 bits per heavy atom. The van der Waals surface area contributed by atoms with Crippen LogP contribution in [0, 0.1) is 52.3 Å². The number of hydrogen-bond acceptors (Lipinski definition) is 3.